The third kappa shape index (κ3) is 3.12. The number of fused-ring (bicyclic) bond motifs is 1. The molecule has 1 fully saturated rings. The Hall–Kier alpha value is -2.60. The van der Waals surface area contributed by atoms with Crippen LogP contribution in [-0.2, 0) is 9.53 Å². The lowest BCUT2D eigenvalue weighted by Gasteiger charge is -2.35. The highest BCUT2D eigenvalue weighted by Crippen LogP contribution is 2.27. The number of phenolic OH excluding ortho intramolecular Hbond substituents is 1. The van der Waals surface area contributed by atoms with Crippen LogP contribution in [0.2, 0.25) is 0 Å². The molecule has 1 saturated heterocycles. The van der Waals surface area contributed by atoms with Gasteiger partial charge in [-0.05, 0) is 22.9 Å². The van der Waals surface area contributed by atoms with E-state index in [1.165, 1.54) is 4.90 Å². The van der Waals surface area contributed by atoms with E-state index in [1.807, 2.05) is 24.3 Å². The predicted octanol–water partition coefficient (Wildman–Crippen LogP) is 1.86. The van der Waals surface area contributed by atoms with Crippen molar-refractivity contribution in [2.24, 2.45) is 0 Å². The van der Waals surface area contributed by atoms with Gasteiger partial charge in [-0.2, -0.15) is 0 Å². The van der Waals surface area contributed by atoms with Crippen LogP contribution in [0.15, 0.2) is 36.4 Å². The highest BCUT2D eigenvalue weighted by atomic mass is 16.5. The van der Waals surface area contributed by atoms with Gasteiger partial charge in [0.25, 0.3) is 5.91 Å². The molecule has 0 radical (unpaired) electrons. The summed E-state index contributed by atoms with van der Waals surface area (Å²) in [4.78, 5) is 25.2. The third-order valence-electron chi connectivity index (χ3n) is 3.99. The van der Waals surface area contributed by atoms with E-state index in [-0.39, 0.29) is 30.2 Å². The lowest BCUT2D eigenvalue weighted by Crippen LogP contribution is -2.49. The monoisotopic (exact) mass is 315 g/mol. The normalized spacial score (nSPS) is 18.1. The van der Waals surface area contributed by atoms with Gasteiger partial charge < -0.3 is 19.8 Å². The number of hydrogen-bond acceptors (Lipinski definition) is 4. The van der Waals surface area contributed by atoms with Gasteiger partial charge in [0.1, 0.15) is 5.75 Å². The van der Waals surface area contributed by atoms with Gasteiger partial charge >= 0.3 is 5.97 Å². The van der Waals surface area contributed by atoms with Crippen LogP contribution in [-0.4, -0.2) is 52.8 Å². The second kappa shape index (κ2) is 6.26. The Morgan fingerprint density at radius 3 is 2.61 bits per heavy atom. The smallest absolute Gasteiger partial charge is 0.305 e. The van der Waals surface area contributed by atoms with Crippen molar-refractivity contribution in [2.75, 3.05) is 19.8 Å². The summed E-state index contributed by atoms with van der Waals surface area (Å²) in [5.41, 5.74) is 0.181. The van der Waals surface area contributed by atoms with E-state index in [4.69, 9.17) is 9.84 Å². The number of benzene rings is 2. The molecule has 3 rings (SSSR count). The van der Waals surface area contributed by atoms with Crippen LogP contribution in [0.25, 0.3) is 10.8 Å². The number of phenols is 1. The number of ether oxygens (including phenoxy) is 1. The van der Waals surface area contributed by atoms with Crippen molar-refractivity contribution in [1.82, 2.24) is 4.90 Å². The van der Waals surface area contributed by atoms with E-state index in [0.29, 0.717) is 13.2 Å². The van der Waals surface area contributed by atoms with Gasteiger partial charge in [0.05, 0.1) is 31.2 Å². The van der Waals surface area contributed by atoms with Gasteiger partial charge in [-0.1, -0.05) is 24.3 Å². The molecule has 0 aliphatic carbocycles. The lowest BCUT2D eigenvalue weighted by molar-refractivity contribution is -0.139. The molecule has 0 bridgehead atoms. The van der Waals surface area contributed by atoms with E-state index >= 15 is 0 Å². The number of carboxylic acids is 1. The fourth-order valence-electron chi connectivity index (χ4n) is 2.85. The summed E-state index contributed by atoms with van der Waals surface area (Å²) in [6.45, 7) is 0.853. The summed E-state index contributed by atoms with van der Waals surface area (Å²) >= 11 is 0. The zero-order valence-corrected chi connectivity index (χ0v) is 12.4. The molecule has 2 aromatic carbocycles. The highest BCUT2D eigenvalue weighted by molar-refractivity contribution is 6.01. The number of morpholine rings is 1. The molecule has 0 aromatic heterocycles. The van der Waals surface area contributed by atoms with Crippen LogP contribution in [0.5, 0.6) is 5.75 Å². The summed E-state index contributed by atoms with van der Waals surface area (Å²) in [7, 11) is 0. The van der Waals surface area contributed by atoms with Crippen molar-refractivity contribution in [3.8, 4) is 5.75 Å². The molecule has 23 heavy (non-hydrogen) atoms. The Morgan fingerprint density at radius 1 is 1.22 bits per heavy atom. The number of carbonyl (C=O) groups is 2. The molecular weight excluding hydrogens is 298 g/mol. The van der Waals surface area contributed by atoms with E-state index in [1.54, 1.807) is 12.1 Å². The Morgan fingerprint density at radius 2 is 1.91 bits per heavy atom. The molecule has 0 saturated carbocycles. The summed E-state index contributed by atoms with van der Waals surface area (Å²) in [6, 6.07) is 10.1. The van der Waals surface area contributed by atoms with Crippen molar-refractivity contribution in [1.29, 1.82) is 0 Å². The molecule has 1 atom stereocenters. The van der Waals surface area contributed by atoms with Crippen LogP contribution in [0.4, 0.5) is 0 Å². The molecule has 1 aliphatic rings. The largest absolute Gasteiger partial charge is 0.507 e. The SMILES string of the molecule is O=C(O)CC1COCCN1C(=O)c1cc2ccccc2cc1O. The molecular formula is C17H17NO5. The molecule has 1 heterocycles. The molecule has 2 N–H and O–H groups in total. The number of hydrogen-bond donors (Lipinski definition) is 2. The van der Waals surface area contributed by atoms with Crippen molar-refractivity contribution in [3.05, 3.63) is 42.0 Å². The van der Waals surface area contributed by atoms with Crippen LogP contribution >= 0.6 is 0 Å². The van der Waals surface area contributed by atoms with Crippen LogP contribution < -0.4 is 0 Å². The molecule has 0 spiro atoms. The van der Waals surface area contributed by atoms with E-state index in [2.05, 4.69) is 0 Å². The molecule has 1 amide bonds. The second-order valence-electron chi connectivity index (χ2n) is 5.54. The van der Waals surface area contributed by atoms with Crippen molar-refractivity contribution >= 4 is 22.6 Å². The second-order valence-corrected chi connectivity index (χ2v) is 5.54. The van der Waals surface area contributed by atoms with Gasteiger partial charge in [-0.3, -0.25) is 9.59 Å². The Balaban J connectivity index is 1.94. The number of aliphatic carboxylic acids is 1. The first-order valence-electron chi connectivity index (χ1n) is 7.38. The summed E-state index contributed by atoms with van der Waals surface area (Å²) in [6.07, 6.45) is -0.180. The predicted molar refractivity (Wildman–Crippen MR) is 83.5 cm³/mol. The first kappa shape index (κ1) is 15.3. The number of carboxylic acid groups (broad SMARTS) is 1. The van der Waals surface area contributed by atoms with E-state index in [9.17, 15) is 14.7 Å². The summed E-state index contributed by atoms with van der Waals surface area (Å²) in [5.74, 6) is -1.46. The minimum atomic E-state index is -0.985. The van der Waals surface area contributed by atoms with Gasteiger partial charge in [0.15, 0.2) is 0 Å². The average molecular weight is 315 g/mol. The van der Waals surface area contributed by atoms with Gasteiger partial charge in [-0.15, -0.1) is 0 Å². The number of rotatable bonds is 3. The Labute approximate surface area is 132 Å². The molecule has 6 nitrogen and oxygen atoms in total. The Bertz CT molecular complexity index is 758. The van der Waals surface area contributed by atoms with Crippen molar-refractivity contribution in [2.45, 2.75) is 12.5 Å². The topological polar surface area (TPSA) is 87.1 Å². The van der Waals surface area contributed by atoms with Crippen molar-refractivity contribution in [3.63, 3.8) is 0 Å². The fourth-order valence-corrected chi connectivity index (χ4v) is 2.85. The highest BCUT2D eigenvalue weighted by Gasteiger charge is 2.31. The first-order valence-corrected chi connectivity index (χ1v) is 7.38. The molecule has 2 aromatic rings. The number of aromatic hydroxyl groups is 1. The van der Waals surface area contributed by atoms with Gasteiger partial charge in [0.2, 0.25) is 0 Å². The standard InChI is InChI=1S/C17H17NO5/c19-15-8-12-4-2-1-3-11(12)7-14(15)17(22)18-5-6-23-10-13(18)9-16(20)21/h1-4,7-8,13,19H,5-6,9-10H2,(H,20,21). The minimum absolute atomic E-state index is 0.103. The number of carbonyl (C=O) groups excluding carboxylic acids is 1. The average Bonchev–Trinajstić information content (AvgIpc) is 2.53. The minimum Gasteiger partial charge on any atom is -0.507 e. The van der Waals surface area contributed by atoms with E-state index < -0.39 is 12.0 Å². The number of amides is 1. The molecule has 6 heteroatoms. The Kier molecular flexibility index (Phi) is 4.16. The van der Waals surface area contributed by atoms with Gasteiger partial charge in [-0.25, -0.2) is 0 Å². The fraction of sp³-hybridized carbons (Fsp3) is 0.294. The number of nitrogens with zero attached hydrogens (tertiary/aromatic N) is 1. The molecule has 1 unspecified atom stereocenters. The van der Waals surface area contributed by atoms with Crippen LogP contribution in [0.3, 0.4) is 0 Å². The zero-order chi connectivity index (χ0) is 16.4. The first-order chi connectivity index (χ1) is 11.1. The molecule has 120 valence electrons. The summed E-state index contributed by atoms with van der Waals surface area (Å²) in [5, 5.41) is 20.9. The maximum absolute atomic E-state index is 12.8. The van der Waals surface area contributed by atoms with Crippen LogP contribution in [0.1, 0.15) is 16.8 Å². The zero-order valence-electron chi connectivity index (χ0n) is 12.4. The quantitative estimate of drug-likeness (QED) is 0.903. The maximum Gasteiger partial charge on any atom is 0.305 e. The van der Waals surface area contributed by atoms with E-state index in [0.717, 1.165) is 10.8 Å². The maximum atomic E-state index is 12.8. The lowest BCUT2D eigenvalue weighted by atomic mass is 10.0. The molecule has 1 aliphatic heterocycles. The van der Waals surface area contributed by atoms with Crippen LogP contribution in [0, 0.1) is 0 Å². The summed E-state index contributed by atoms with van der Waals surface area (Å²) < 4.78 is 5.28. The van der Waals surface area contributed by atoms with Gasteiger partial charge in [0, 0.05) is 6.54 Å². The van der Waals surface area contributed by atoms with Crippen molar-refractivity contribution < 1.29 is 24.5 Å². The third-order valence-corrected chi connectivity index (χ3v) is 3.99.